The predicted octanol–water partition coefficient (Wildman–Crippen LogP) is 1.65. The van der Waals surface area contributed by atoms with Crippen molar-refractivity contribution >= 4 is 39.0 Å². The summed E-state index contributed by atoms with van der Waals surface area (Å²) in [6.45, 7) is 1.60. The van der Waals surface area contributed by atoms with Gasteiger partial charge in [-0.25, -0.2) is 13.1 Å². The number of amides is 2. The van der Waals surface area contributed by atoms with E-state index in [1.165, 1.54) is 15.9 Å². The Hall–Kier alpha value is -3.72. The number of aliphatic hydroxyl groups is 1. The molecule has 2 aliphatic rings. The lowest BCUT2D eigenvalue weighted by Gasteiger charge is -2.30. The zero-order valence-electron chi connectivity index (χ0n) is 25.3. The molecule has 0 bridgehead atoms. The second kappa shape index (κ2) is 15.2. The molecule has 246 valence electrons. The van der Waals surface area contributed by atoms with Crippen LogP contribution in [0.3, 0.4) is 0 Å². The fourth-order valence-electron chi connectivity index (χ4n) is 6.01. The van der Waals surface area contributed by atoms with Crippen molar-refractivity contribution in [3.8, 4) is 5.69 Å². The number of hydrogen-bond donors (Lipinski definition) is 1. The van der Waals surface area contributed by atoms with E-state index in [1.54, 1.807) is 53.4 Å². The fraction of sp³-hybridized carbons (Fsp3) is 0.484. The maximum absolute atomic E-state index is 14.1. The van der Waals surface area contributed by atoms with Crippen LogP contribution in [-0.2, 0) is 41.1 Å². The number of hydrogen-bond acceptors (Lipinski definition) is 10. The Morgan fingerprint density at radius 1 is 1.07 bits per heavy atom. The number of ketones is 1. The van der Waals surface area contributed by atoms with Gasteiger partial charge in [-0.15, -0.1) is 5.10 Å². The molecule has 1 N–H and O–H groups in total. The van der Waals surface area contributed by atoms with Gasteiger partial charge >= 0.3 is 0 Å². The first-order chi connectivity index (χ1) is 22.1. The summed E-state index contributed by atoms with van der Waals surface area (Å²) in [7, 11) is -3.78. The number of morpholine rings is 1. The SMILES string of the molecule is O=C(CCc1cc(Cl)ccc1-n1cnnn1)[C@@H]1C[C@H](O)CN1C(=O)[C@@H](CCC(=O)N1CCOCC1)CS(=O)(=O)Cc1ccccc1. The number of carbonyl (C=O) groups is 3. The number of sulfone groups is 1. The van der Waals surface area contributed by atoms with E-state index in [4.69, 9.17) is 16.3 Å². The van der Waals surface area contributed by atoms with E-state index >= 15 is 0 Å². The van der Waals surface area contributed by atoms with E-state index in [1.807, 2.05) is 0 Å². The van der Waals surface area contributed by atoms with Gasteiger partial charge in [-0.3, -0.25) is 14.4 Å². The zero-order valence-corrected chi connectivity index (χ0v) is 26.9. The summed E-state index contributed by atoms with van der Waals surface area (Å²) in [5, 5.41) is 22.3. The van der Waals surface area contributed by atoms with Crippen LogP contribution < -0.4 is 0 Å². The maximum Gasteiger partial charge on any atom is 0.227 e. The number of aryl methyl sites for hydroxylation is 1. The molecule has 2 aromatic carbocycles. The molecule has 2 fully saturated rings. The van der Waals surface area contributed by atoms with Crippen molar-refractivity contribution in [2.45, 2.75) is 50.0 Å². The standard InChI is InChI=1S/C31H37ClN6O7S/c32-25-8-9-27(38-21-33-34-35-38)23(16-25)6-10-29(40)28-17-26(39)18-37(28)31(42)24(7-11-30(41)36-12-14-45-15-13-36)20-46(43,44)19-22-4-2-1-3-5-22/h1-5,8-9,16,21,24,26,28,39H,6-7,10-15,17-20H2/t24-,26-,28-/m0/s1. The molecule has 15 heteroatoms. The van der Waals surface area contributed by atoms with Crippen molar-refractivity contribution in [1.29, 1.82) is 0 Å². The molecular weight excluding hydrogens is 636 g/mol. The number of likely N-dealkylation sites (tertiary alicyclic amines) is 1. The van der Waals surface area contributed by atoms with Crippen molar-refractivity contribution in [3.05, 3.63) is 71.0 Å². The van der Waals surface area contributed by atoms with Crippen LogP contribution in [0.1, 0.15) is 36.8 Å². The summed E-state index contributed by atoms with van der Waals surface area (Å²) in [4.78, 5) is 43.6. The van der Waals surface area contributed by atoms with Crippen LogP contribution >= 0.6 is 11.6 Å². The first-order valence-corrected chi connectivity index (χ1v) is 17.4. The fourth-order valence-corrected chi connectivity index (χ4v) is 7.95. The number of benzene rings is 2. The van der Waals surface area contributed by atoms with Crippen LogP contribution in [0, 0.1) is 5.92 Å². The summed E-state index contributed by atoms with van der Waals surface area (Å²) in [5.41, 5.74) is 1.95. The van der Waals surface area contributed by atoms with Gasteiger partial charge in [0, 0.05) is 43.9 Å². The number of aromatic nitrogens is 4. The molecule has 1 aromatic heterocycles. The molecule has 5 rings (SSSR count). The number of ether oxygens (including phenoxy) is 1. The van der Waals surface area contributed by atoms with Gasteiger partial charge in [0.15, 0.2) is 15.6 Å². The van der Waals surface area contributed by atoms with Gasteiger partial charge in [-0.2, -0.15) is 0 Å². The molecular formula is C31H37ClN6O7S. The van der Waals surface area contributed by atoms with Crippen molar-refractivity contribution in [1.82, 2.24) is 30.0 Å². The molecule has 3 heterocycles. The van der Waals surface area contributed by atoms with Crippen molar-refractivity contribution in [2.24, 2.45) is 5.92 Å². The lowest BCUT2D eigenvalue weighted by Crippen LogP contribution is -2.46. The number of β-amino-alcohol motifs (C(OH)–C–C–N with tert-alkyl or cyclic N) is 1. The van der Waals surface area contributed by atoms with Gasteiger partial charge < -0.3 is 19.6 Å². The number of nitrogens with zero attached hydrogens (tertiary/aromatic N) is 6. The molecule has 3 aromatic rings. The zero-order chi connectivity index (χ0) is 32.7. The molecule has 0 saturated carbocycles. The van der Waals surface area contributed by atoms with Crippen molar-refractivity contribution in [3.63, 3.8) is 0 Å². The third-order valence-corrected chi connectivity index (χ3v) is 10.2. The molecule has 0 radical (unpaired) electrons. The highest BCUT2D eigenvalue weighted by Gasteiger charge is 2.42. The Bertz CT molecular complexity index is 1620. The lowest BCUT2D eigenvalue weighted by atomic mass is 9.98. The molecule has 2 saturated heterocycles. The normalized spacial score (nSPS) is 19.3. The van der Waals surface area contributed by atoms with Crippen LogP contribution in [0.5, 0.6) is 0 Å². The number of Topliss-reactive ketones (excluding diaryl/α,β-unsaturated/α-hetero) is 1. The van der Waals surface area contributed by atoms with Crippen LogP contribution in [0.25, 0.3) is 5.69 Å². The Labute approximate surface area is 272 Å². The predicted molar refractivity (Wildman–Crippen MR) is 168 cm³/mol. The maximum atomic E-state index is 14.1. The third-order valence-electron chi connectivity index (χ3n) is 8.32. The van der Waals surface area contributed by atoms with Crippen molar-refractivity contribution in [2.75, 3.05) is 38.6 Å². The van der Waals surface area contributed by atoms with Crippen molar-refractivity contribution < 1.29 is 32.6 Å². The van der Waals surface area contributed by atoms with Gasteiger partial charge in [0.2, 0.25) is 11.8 Å². The molecule has 2 aliphatic heterocycles. The quantitative estimate of drug-likeness (QED) is 0.282. The summed E-state index contributed by atoms with van der Waals surface area (Å²) in [5.74, 6) is -2.83. The van der Waals surface area contributed by atoms with Gasteiger partial charge in [0.25, 0.3) is 0 Å². The van der Waals surface area contributed by atoms with Gasteiger partial charge in [-0.1, -0.05) is 41.9 Å². The van der Waals surface area contributed by atoms with E-state index in [0.29, 0.717) is 42.6 Å². The van der Waals surface area contributed by atoms with Gasteiger partial charge in [0.1, 0.15) is 6.33 Å². The molecule has 0 spiro atoms. The largest absolute Gasteiger partial charge is 0.391 e. The summed E-state index contributed by atoms with van der Waals surface area (Å²) in [6, 6.07) is 12.9. The Morgan fingerprint density at radius 2 is 1.83 bits per heavy atom. The van der Waals surface area contributed by atoms with E-state index < -0.39 is 39.6 Å². The van der Waals surface area contributed by atoms with Gasteiger partial charge in [-0.05, 0) is 52.6 Å². The van der Waals surface area contributed by atoms with E-state index in [0.717, 1.165) is 5.56 Å². The lowest BCUT2D eigenvalue weighted by molar-refractivity contribution is -0.141. The molecule has 46 heavy (non-hydrogen) atoms. The summed E-state index contributed by atoms with van der Waals surface area (Å²) in [6.07, 6.45) is 0.788. The van der Waals surface area contributed by atoms with Crippen LogP contribution in [-0.4, -0.2) is 112 Å². The average Bonchev–Trinajstić information content (AvgIpc) is 3.72. The molecule has 2 amide bonds. The molecule has 3 atom stereocenters. The Balaban J connectivity index is 1.31. The second-order valence-corrected chi connectivity index (χ2v) is 14.2. The highest BCUT2D eigenvalue weighted by Crippen LogP contribution is 2.27. The van der Waals surface area contributed by atoms with Crippen LogP contribution in [0.15, 0.2) is 54.9 Å². The van der Waals surface area contributed by atoms with Crippen LogP contribution in [0.4, 0.5) is 0 Å². The van der Waals surface area contributed by atoms with E-state index in [-0.39, 0.29) is 56.1 Å². The minimum Gasteiger partial charge on any atom is -0.391 e. The highest BCUT2D eigenvalue weighted by atomic mass is 35.5. The summed E-state index contributed by atoms with van der Waals surface area (Å²) >= 11 is 6.23. The number of rotatable bonds is 13. The first kappa shape index (κ1) is 33.6. The highest BCUT2D eigenvalue weighted by molar-refractivity contribution is 7.90. The average molecular weight is 673 g/mol. The Morgan fingerprint density at radius 3 is 2.54 bits per heavy atom. The van der Waals surface area contributed by atoms with E-state index in [2.05, 4.69) is 15.5 Å². The number of aliphatic hydroxyl groups excluding tert-OH is 1. The summed E-state index contributed by atoms with van der Waals surface area (Å²) < 4.78 is 33.5. The topological polar surface area (TPSA) is 165 Å². The minimum atomic E-state index is -3.78. The minimum absolute atomic E-state index is 0.00559. The number of carbonyl (C=O) groups excluding carboxylic acids is 3. The first-order valence-electron chi connectivity index (χ1n) is 15.2. The number of tetrazole rings is 1. The second-order valence-electron chi connectivity index (χ2n) is 11.7. The third kappa shape index (κ3) is 8.75. The Kier molecular flexibility index (Phi) is 11.1. The molecule has 13 nitrogen and oxygen atoms in total. The number of halogens is 1. The smallest absolute Gasteiger partial charge is 0.227 e. The monoisotopic (exact) mass is 672 g/mol. The molecule has 0 unspecified atom stereocenters. The van der Waals surface area contributed by atoms with Crippen LogP contribution in [0.2, 0.25) is 5.02 Å². The van der Waals surface area contributed by atoms with E-state index in [9.17, 15) is 27.9 Å². The molecule has 0 aliphatic carbocycles. The van der Waals surface area contributed by atoms with Gasteiger partial charge in [0.05, 0.1) is 48.5 Å².